The van der Waals surface area contributed by atoms with Crippen LogP contribution in [0.1, 0.15) is 20.8 Å². The van der Waals surface area contributed by atoms with E-state index < -0.39 is 5.41 Å². The fourth-order valence-corrected chi connectivity index (χ4v) is 3.73. The Morgan fingerprint density at radius 2 is 1.71 bits per heavy atom. The third kappa shape index (κ3) is 5.51. The van der Waals surface area contributed by atoms with Crippen molar-refractivity contribution in [2.75, 3.05) is 24.9 Å². The minimum absolute atomic E-state index is 0.182. The number of hydrogen-bond acceptors (Lipinski definition) is 7. The van der Waals surface area contributed by atoms with Crippen LogP contribution >= 0.6 is 15.9 Å². The summed E-state index contributed by atoms with van der Waals surface area (Å²) in [5.74, 6) is 1.78. The molecule has 9 heteroatoms. The number of hydrogen-bond donors (Lipinski definition) is 2. The van der Waals surface area contributed by atoms with Crippen molar-refractivity contribution in [2.45, 2.75) is 20.8 Å². The molecule has 0 aliphatic rings. The zero-order valence-corrected chi connectivity index (χ0v) is 21.7. The van der Waals surface area contributed by atoms with E-state index >= 15 is 0 Å². The molecule has 4 rings (SSSR count). The van der Waals surface area contributed by atoms with Crippen LogP contribution in [0.15, 0.2) is 59.2 Å². The van der Waals surface area contributed by atoms with Crippen LogP contribution in [0.25, 0.3) is 22.2 Å². The van der Waals surface area contributed by atoms with Crippen molar-refractivity contribution in [2.24, 2.45) is 5.41 Å². The molecule has 2 aromatic heterocycles. The van der Waals surface area contributed by atoms with Crippen molar-refractivity contribution in [1.29, 1.82) is 0 Å². The number of rotatable bonds is 6. The monoisotopic (exact) mass is 535 g/mol. The second-order valence-corrected chi connectivity index (χ2v) is 9.82. The molecule has 4 aromatic rings. The molecule has 0 bridgehead atoms. The van der Waals surface area contributed by atoms with Crippen molar-refractivity contribution in [3.8, 4) is 22.6 Å². The zero-order chi connectivity index (χ0) is 25.2. The molecule has 0 saturated heterocycles. The number of nitrogens with zero attached hydrogens (tertiary/aromatic N) is 3. The summed E-state index contributed by atoms with van der Waals surface area (Å²) in [4.78, 5) is 26.3. The first-order chi connectivity index (χ1) is 16.7. The summed E-state index contributed by atoms with van der Waals surface area (Å²) in [6.07, 6.45) is 1.73. The topological polar surface area (TPSA) is 98.3 Å². The second-order valence-electron chi connectivity index (χ2n) is 8.90. The Bertz CT molecular complexity index is 1400. The van der Waals surface area contributed by atoms with Crippen LogP contribution in [-0.2, 0) is 4.79 Å². The molecule has 0 spiro atoms. The lowest BCUT2D eigenvalue weighted by Crippen LogP contribution is -2.28. The summed E-state index contributed by atoms with van der Waals surface area (Å²) in [5, 5.41) is 6.85. The molecule has 35 heavy (non-hydrogen) atoms. The van der Waals surface area contributed by atoms with Gasteiger partial charge in [0.2, 0.25) is 11.9 Å². The van der Waals surface area contributed by atoms with Gasteiger partial charge in [0.15, 0.2) is 17.1 Å². The summed E-state index contributed by atoms with van der Waals surface area (Å²) >= 11 is 3.50. The zero-order valence-electron chi connectivity index (χ0n) is 20.1. The van der Waals surface area contributed by atoms with Crippen LogP contribution in [0.2, 0.25) is 0 Å². The minimum Gasteiger partial charge on any atom is -0.493 e. The maximum Gasteiger partial charge on any atom is 0.233 e. The summed E-state index contributed by atoms with van der Waals surface area (Å²) < 4.78 is 11.7. The number of halogens is 1. The number of amides is 1. The summed E-state index contributed by atoms with van der Waals surface area (Å²) in [7, 11) is 3.20. The highest BCUT2D eigenvalue weighted by Crippen LogP contribution is 2.34. The van der Waals surface area contributed by atoms with E-state index in [2.05, 4.69) is 41.5 Å². The lowest BCUT2D eigenvalue weighted by Gasteiger charge is -2.18. The number of carbonyl (C=O) groups excluding carboxylic acids is 1. The van der Waals surface area contributed by atoms with Gasteiger partial charge in [-0.2, -0.15) is 9.97 Å². The standard InChI is InChI=1S/C26H26BrN5O3/c1-26(2,3)24(33)32-25-30-22-19(23(31-25)29-18-8-6-7-17(27)13-18)11-16(14-28-22)15-9-10-20(34-4)21(12-15)35-5/h6-14H,1-5H3,(H2,28,29,30,31,32,33). The fourth-order valence-electron chi connectivity index (χ4n) is 3.33. The van der Waals surface area contributed by atoms with Gasteiger partial charge in [-0.05, 0) is 42.0 Å². The molecule has 180 valence electrons. The number of anilines is 3. The van der Waals surface area contributed by atoms with Gasteiger partial charge in [-0.1, -0.05) is 48.8 Å². The molecule has 8 nitrogen and oxygen atoms in total. The first kappa shape index (κ1) is 24.4. The van der Waals surface area contributed by atoms with Crippen molar-refractivity contribution in [1.82, 2.24) is 15.0 Å². The van der Waals surface area contributed by atoms with Crippen molar-refractivity contribution < 1.29 is 14.3 Å². The fraction of sp³-hybridized carbons (Fsp3) is 0.231. The van der Waals surface area contributed by atoms with E-state index in [-0.39, 0.29) is 11.9 Å². The van der Waals surface area contributed by atoms with Crippen LogP contribution in [0.3, 0.4) is 0 Å². The third-order valence-corrected chi connectivity index (χ3v) is 5.76. The predicted molar refractivity (Wildman–Crippen MR) is 141 cm³/mol. The highest BCUT2D eigenvalue weighted by atomic mass is 79.9. The van der Waals surface area contributed by atoms with Crippen LogP contribution in [0.4, 0.5) is 17.5 Å². The van der Waals surface area contributed by atoms with Crippen LogP contribution in [-0.4, -0.2) is 35.1 Å². The molecular weight excluding hydrogens is 510 g/mol. The molecular formula is C26H26BrN5O3. The maximum atomic E-state index is 12.6. The summed E-state index contributed by atoms with van der Waals surface area (Å²) in [5.41, 5.74) is 2.43. The molecule has 2 heterocycles. The number of methoxy groups -OCH3 is 2. The van der Waals surface area contributed by atoms with Gasteiger partial charge < -0.3 is 14.8 Å². The normalized spacial score (nSPS) is 11.3. The number of nitrogens with one attached hydrogen (secondary N) is 2. The van der Waals surface area contributed by atoms with E-state index in [4.69, 9.17) is 9.47 Å². The lowest BCUT2D eigenvalue weighted by atomic mass is 9.96. The molecule has 0 aliphatic carbocycles. The Hall–Kier alpha value is -3.72. The van der Waals surface area contributed by atoms with Crippen molar-refractivity contribution in [3.63, 3.8) is 0 Å². The molecule has 2 N–H and O–H groups in total. The Labute approximate surface area is 212 Å². The predicted octanol–water partition coefficient (Wildman–Crippen LogP) is 6.20. The van der Waals surface area contributed by atoms with E-state index in [9.17, 15) is 4.79 Å². The molecule has 0 aliphatic heterocycles. The smallest absolute Gasteiger partial charge is 0.233 e. The molecule has 0 unspecified atom stereocenters. The van der Waals surface area contributed by atoms with Gasteiger partial charge >= 0.3 is 0 Å². The van der Waals surface area contributed by atoms with E-state index in [1.807, 2.05) is 69.3 Å². The maximum absolute atomic E-state index is 12.6. The van der Waals surface area contributed by atoms with Crippen LogP contribution < -0.4 is 20.1 Å². The number of benzene rings is 2. The van der Waals surface area contributed by atoms with Gasteiger partial charge in [0.05, 0.1) is 19.6 Å². The Kier molecular flexibility index (Phi) is 6.88. The number of fused-ring (bicyclic) bond motifs is 1. The van der Waals surface area contributed by atoms with Gasteiger partial charge in [0.1, 0.15) is 5.82 Å². The molecule has 0 radical (unpaired) electrons. The van der Waals surface area contributed by atoms with Gasteiger partial charge in [-0.25, -0.2) is 4.98 Å². The summed E-state index contributed by atoms with van der Waals surface area (Å²) in [6, 6.07) is 15.4. The number of ether oxygens (including phenoxy) is 2. The largest absolute Gasteiger partial charge is 0.493 e. The summed E-state index contributed by atoms with van der Waals surface area (Å²) in [6.45, 7) is 5.49. The van der Waals surface area contributed by atoms with Gasteiger partial charge in [0, 0.05) is 27.3 Å². The quantitative estimate of drug-likeness (QED) is 0.303. The first-order valence-electron chi connectivity index (χ1n) is 10.9. The van der Waals surface area contributed by atoms with E-state index in [0.717, 1.165) is 21.3 Å². The van der Waals surface area contributed by atoms with E-state index in [0.29, 0.717) is 28.4 Å². The Morgan fingerprint density at radius 3 is 2.40 bits per heavy atom. The van der Waals surface area contributed by atoms with Gasteiger partial charge in [-0.3, -0.25) is 10.1 Å². The average molecular weight is 536 g/mol. The average Bonchev–Trinajstić information content (AvgIpc) is 2.83. The van der Waals surface area contributed by atoms with E-state index in [1.165, 1.54) is 0 Å². The minimum atomic E-state index is -0.596. The number of carbonyl (C=O) groups is 1. The molecule has 1 amide bonds. The SMILES string of the molecule is COc1ccc(-c2cnc3nc(NC(=O)C(C)(C)C)nc(Nc4cccc(Br)c4)c3c2)cc1OC. The van der Waals surface area contributed by atoms with Crippen molar-refractivity contribution in [3.05, 3.63) is 59.2 Å². The molecule has 2 aromatic carbocycles. The number of aromatic nitrogens is 3. The Morgan fingerprint density at radius 1 is 0.943 bits per heavy atom. The third-order valence-electron chi connectivity index (χ3n) is 5.26. The Balaban J connectivity index is 1.83. The molecule has 0 atom stereocenters. The molecule has 0 fully saturated rings. The highest BCUT2D eigenvalue weighted by molar-refractivity contribution is 9.10. The second kappa shape index (κ2) is 9.87. The van der Waals surface area contributed by atoms with Crippen molar-refractivity contribution >= 4 is 50.3 Å². The van der Waals surface area contributed by atoms with Gasteiger partial charge in [0.25, 0.3) is 0 Å². The molecule has 0 saturated carbocycles. The van der Waals surface area contributed by atoms with E-state index in [1.54, 1.807) is 20.4 Å². The highest BCUT2D eigenvalue weighted by Gasteiger charge is 2.23. The number of pyridine rings is 1. The van der Waals surface area contributed by atoms with Crippen LogP contribution in [0, 0.1) is 5.41 Å². The first-order valence-corrected chi connectivity index (χ1v) is 11.7. The van der Waals surface area contributed by atoms with Gasteiger partial charge in [-0.15, -0.1) is 0 Å². The van der Waals surface area contributed by atoms with Crippen LogP contribution in [0.5, 0.6) is 11.5 Å². The lowest BCUT2D eigenvalue weighted by molar-refractivity contribution is -0.123.